The monoisotopic (exact) mass is 345 g/mol. The first-order chi connectivity index (χ1) is 12.3. The quantitative estimate of drug-likeness (QED) is 0.674. The molecule has 136 valence electrons. The third-order valence-electron chi connectivity index (χ3n) is 4.31. The normalized spacial score (nSPS) is 14.8. The molecule has 0 saturated carbocycles. The number of hydrogen-bond acceptors (Lipinski definition) is 7. The molecule has 0 aromatic carbocycles. The molecule has 0 aliphatic carbocycles. The molecular weight excluding hydrogens is 318 g/mol. The lowest BCUT2D eigenvalue weighted by Gasteiger charge is -2.14. The topological polar surface area (TPSA) is 80.1 Å². The van der Waals surface area contributed by atoms with Gasteiger partial charge in [0, 0.05) is 32.4 Å². The summed E-state index contributed by atoms with van der Waals surface area (Å²) in [7, 11) is 1.83. The van der Waals surface area contributed by atoms with Crippen LogP contribution in [-0.4, -0.2) is 57.9 Å². The van der Waals surface area contributed by atoms with Gasteiger partial charge in [0.2, 0.25) is 5.95 Å². The van der Waals surface area contributed by atoms with Crippen molar-refractivity contribution in [1.82, 2.24) is 24.6 Å². The molecule has 0 spiro atoms. The van der Waals surface area contributed by atoms with E-state index in [0.29, 0.717) is 12.6 Å². The number of nitrogens with one attached hydrogen (secondary N) is 2. The maximum atomic E-state index is 5.85. The lowest BCUT2D eigenvalue weighted by Crippen LogP contribution is -2.24. The molecule has 3 rings (SSSR count). The van der Waals surface area contributed by atoms with Crippen LogP contribution in [0.4, 0.5) is 17.6 Å². The van der Waals surface area contributed by atoms with E-state index in [2.05, 4.69) is 37.5 Å². The highest BCUT2D eigenvalue weighted by molar-refractivity contribution is 5.50. The summed E-state index contributed by atoms with van der Waals surface area (Å²) < 4.78 is 7.80. The first-order valence-electron chi connectivity index (χ1n) is 8.93. The van der Waals surface area contributed by atoms with Gasteiger partial charge in [0.05, 0.1) is 18.9 Å². The van der Waals surface area contributed by atoms with Crippen molar-refractivity contribution in [2.75, 3.05) is 43.9 Å². The third-order valence-corrected chi connectivity index (χ3v) is 4.31. The van der Waals surface area contributed by atoms with Crippen LogP contribution in [-0.2, 0) is 17.9 Å². The Hall–Kier alpha value is -2.19. The zero-order chi connectivity index (χ0) is 17.5. The molecule has 0 amide bonds. The summed E-state index contributed by atoms with van der Waals surface area (Å²) >= 11 is 0. The van der Waals surface area contributed by atoms with Crippen LogP contribution < -0.4 is 10.6 Å². The second-order valence-corrected chi connectivity index (χ2v) is 6.08. The van der Waals surface area contributed by atoms with Gasteiger partial charge in [-0.05, 0) is 38.9 Å². The minimum absolute atomic E-state index is 0.522. The summed E-state index contributed by atoms with van der Waals surface area (Å²) in [5, 5.41) is 10.7. The second kappa shape index (κ2) is 8.77. The molecule has 2 aromatic heterocycles. The number of nitrogens with zero attached hydrogens (tertiary/aromatic N) is 5. The van der Waals surface area contributed by atoms with Gasteiger partial charge in [-0.3, -0.25) is 4.68 Å². The van der Waals surface area contributed by atoms with Crippen molar-refractivity contribution in [1.29, 1.82) is 0 Å². The standard InChI is InChI=1S/C17H27N7O/c1-3-24-14(13-25-11-10-23-8-4-5-9-23)12-16(22-24)21-17-19-7-6-15(18-2)20-17/h6-7,12H,3-5,8-11,13H2,1-2H3,(H2,18,19,20,21,22). The average Bonchev–Trinajstić information content (AvgIpc) is 3.28. The van der Waals surface area contributed by atoms with Crippen molar-refractivity contribution in [3.8, 4) is 0 Å². The molecule has 3 heterocycles. The Balaban J connectivity index is 1.54. The molecule has 1 fully saturated rings. The SMILES string of the molecule is CCn1nc(Nc2nccc(NC)n2)cc1COCCN1CCCC1. The van der Waals surface area contributed by atoms with E-state index < -0.39 is 0 Å². The van der Waals surface area contributed by atoms with Crippen molar-refractivity contribution >= 4 is 17.6 Å². The van der Waals surface area contributed by atoms with Crippen LogP contribution >= 0.6 is 0 Å². The molecule has 0 bridgehead atoms. The number of hydrogen-bond donors (Lipinski definition) is 2. The summed E-state index contributed by atoms with van der Waals surface area (Å²) in [4.78, 5) is 11.0. The summed E-state index contributed by atoms with van der Waals surface area (Å²) in [5.74, 6) is 2.01. The Morgan fingerprint density at radius 3 is 2.84 bits per heavy atom. The van der Waals surface area contributed by atoms with Gasteiger partial charge in [-0.15, -0.1) is 0 Å². The van der Waals surface area contributed by atoms with Gasteiger partial charge in [0.15, 0.2) is 5.82 Å². The van der Waals surface area contributed by atoms with Crippen LogP contribution in [0.5, 0.6) is 0 Å². The fraction of sp³-hybridized carbons (Fsp3) is 0.588. The van der Waals surface area contributed by atoms with Crippen molar-refractivity contribution in [3.05, 3.63) is 24.0 Å². The summed E-state index contributed by atoms with van der Waals surface area (Å²) in [6.45, 7) is 7.60. The zero-order valence-corrected chi connectivity index (χ0v) is 15.0. The molecule has 8 heteroatoms. The average molecular weight is 345 g/mol. The predicted octanol–water partition coefficient (Wildman–Crippen LogP) is 2.09. The minimum atomic E-state index is 0.522. The van der Waals surface area contributed by atoms with Crippen molar-refractivity contribution < 1.29 is 4.74 Å². The van der Waals surface area contributed by atoms with Crippen LogP contribution in [0.3, 0.4) is 0 Å². The highest BCUT2D eigenvalue weighted by atomic mass is 16.5. The molecule has 8 nitrogen and oxygen atoms in total. The van der Waals surface area contributed by atoms with E-state index in [9.17, 15) is 0 Å². The van der Waals surface area contributed by atoms with Crippen LogP contribution in [0.2, 0.25) is 0 Å². The number of aromatic nitrogens is 4. The summed E-state index contributed by atoms with van der Waals surface area (Å²) in [6.07, 6.45) is 4.34. The number of rotatable bonds is 9. The van der Waals surface area contributed by atoms with Gasteiger partial charge >= 0.3 is 0 Å². The van der Waals surface area contributed by atoms with Crippen LogP contribution in [0.1, 0.15) is 25.5 Å². The van der Waals surface area contributed by atoms with Gasteiger partial charge in [-0.2, -0.15) is 10.1 Å². The van der Waals surface area contributed by atoms with Crippen LogP contribution in [0.15, 0.2) is 18.3 Å². The van der Waals surface area contributed by atoms with E-state index in [0.717, 1.165) is 37.0 Å². The first-order valence-corrected chi connectivity index (χ1v) is 8.93. The van der Waals surface area contributed by atoms with E-state index >= 15 is 0 Å². The Morgan fingerprint density at radius 1 is 1.24 bits per heavy atom. The fourth-order valence-corrected chi connectivity index (χ4v) is 2.96. The number of aryl methyl sites for hydroxylation is 1. The maximum Gasteiger partial charge on any atom is 0.230 e. The molecule has 0 unspecified atom stereocenters. The van der Waals surface area contributed by atoms with Crippen LogP contribution in [0, 0.1) is 0 Å². The smallest absolute Gasteiger partial charge is 0.230 e. The molecule has 1 aliphatic rings. The van der Waals surface area contributed by atoms with Crippen molar-refractivity contribution in [2.45, 2.75) is 32.9 Å². The highest BCUT2D eigenvalue weighted by Crippen LogP contribution is 2.16. The Labute approximate surface area is 148 Å². The second-order valence-electron chi connectivity index (χ2n) is 6.08. The molecular formula is C17H27N7O. The van der Waals surface area contributed by atoms with E-state index in [1.165, 1.54) is 25.9 Å². The number of anilines is 3. The van der Waals surface area contributed by atoms with E-state index in [4.69, 9.17) is 4.74 Å². The van der Waals surface area contributed by atoms with E-state index in [1.54, 1.807) is 6.20 Å². The molecule has 1 aliphatic heterocycles. The highest BCUT2D eigenvalue weighted by Gasteiger charge is 2.12. The van der Waals surface area contributed by atoms with E-state index in [-0.39, 0.29) is 0 Å². The lowest BCUT2D eigenvalue weighted by atomic mass is 10.4. The van der Waals surface area contributed by atoms with Gasteiger partial charge in [0.1, 0.15) is 5.82 Å². The number of ether oxygens (including phenoxy) is 1. The molecule has 2 aromatic rings. The summed E-state index contributed by atoms with van der Waals surface area (Å²) in [5.41, 5.74) is 1.05. The maximum absolute atomic E-state index is 5.85. The van der Waals surface area contributed by atoms with E-state index in [1.807, 2.05) is 23.9 Å². The zero-order valence-electron chi connectivity index (χ0n) is 15.0. The lowest BCUT2D eigenvalue weighted by molar-refractivity contribution is 0.0946. The third kappa shape index (κ3) is 4.90. The Bertz CT molecular complexity index is 667. The minimum Gasteiger partial charge on any atom is -0.374 e. The molecule has 0 radical (unpaired) electrons. The fourth-order valence-electron chi connectivity index (χ4n) is 2.96. The van der Waals surface area contributed by atoms with Gasteiger partial charge in [0.25, 0.3) is 0 Å². The Morgan fingerprint density at radius 2 is 2.08 bits per heavy atom. The molecule has 25 heavy (non-hydrogen) atoms. The Kier molecular flexibility index (Phi) is 6.19. The van der Waals surface area contributed by atoms with Gasteiger partial charge < -0.3 is 20.3 Å². The predicted molar refractivity (Wildman–Crippen MR) is 98.1 cm³/mol. The van der Waals surface area contributed by atoms with Crippen molar-refractivity contribution in [3.63, 3.8) is 0 Å². The molecule has 1 saturated heterocycles. The van der Waals surface area contributed by atoms with Crippen molar-refractivity contribution in [2.24, 2.45) is 0 Å². The largest absolute Gasteiger partial charge is 0.374 e. The van der Waals surface area contributed by atoms with Gasteiger partial charge in [-0.1, -0.05) is 0 Å². The number of likely N-dealkylation sites (tertiary alicyclic amines) is 1. The van der Waals surface area contributed by atoms with Gasteiger partial charge in [-0.25, -0.2) is 4.98 Å². The summed E-state index contributed by atoms with van der Waals surface area (Å²) in [6, 6.07) is 3.81. The first kappa shape index (κ1) is 17.6. The van der Waals surface area contributed by atoms with Crippen LogP contribution in [0.25, 0.3) is 0 Å². The molecule has 0 atom stereocenters. The molecule has 2 N–H and O–H groups in total.